The van der Waals surface area contributed by atoms with Crippen molar-refractivity contribution in [3.05, 3.63) is 66.2 Å². The number of halogens is 1. The highest BCUT2D eigenvalue weighted by molar-refractivity contribution is 6.05. The van der Waals surface area contributed by atoms with Crippen LogP contribution >= 0.6 is 0 Å². The number of carbonyl (C=O) groups is 1. The summed E-state index contributed by atoms with van der Waals surface area (Å²) in [5, 5.41) is 2.72. The fourth-order valence-electron chi connectivity index (χ4n) is 2.53. The molecule has 2 aromatic carbocycles. The lowest BCUT2D eigenvalue weighted by atomic mass is 10.1. The number of hydrogen-bond acceptors (Lipinski definition) is 4. The van der Waals surface area contributed by atoms with E-state index in [4.69, 9.17) is 9.47 Å². The van der Waals surface area contributed by atoms with E-state index in [2.05, 4.69) is 27.1 Å². The number of hydrogen-bond donors (Lipinski definition) is 2. The molecule has 29 heavy (non-hydrogen) atoms. The van der Waals surface area contributed by atoms with Crippen molar-refractivity contribution in [1.82, 2.24) is 9.97 Å². The minimum atomic E-state index is -0.541. The zero-order valence-corrected chi connectivity index (χ0v) is 15.9. The van der Waals surface area contributed by atoms with Crippen molar-refractivity contribution in [2.45, 2.75) is 6.92 Å². The number of imidazole rings is 1. The Balaban J connectivity index is 1.78. The SMILES string of the molecule is CCOCCOc1ccc(-c2ncc[nH]2)cc1NC(=O)C#Cc1cccc(F)c1. The van der Waals surface area contributed by atoms with Crippen molar-refractivity contribution in [3.8, 4) is 29.0 Å². The maximum Gasteiger partial charge on any atom is 0.300 e. The number of rotatable bonds is 7. The van der Waals surface area contributed by atoms with Crippen LogP contribution < -0.4 is 10.1 Å². The van der Waals surface area contributed by atoms with E-state index in [0.717, 1.165) is 5.56 Å². The largest absolute Gasteiger partial charge is 0.489 e. The molecule has 0 unspecified atom stereocenters. The van der Waals surface area contributed by atoms with Crippen LogP contribution in [0.4, 0.5) is 10.1 Å². The summed E-state index contributed by atoms with van der Waals surface area (Å²) in [6.45, 7) is 3.27. The lowest BCUT2D eigenvalue weighted by molar-refractivity contribution is -0.111. The number of nitrogens with zero attached hydrogens (tertiary/aromatic N) is 1. The van der Waals surface area contributed by atoms with Crippen molar-refractivity contribution in [2.75, 3.05) is 25.1 Å². The van der Waals surface area contributed by atoms with Gasteiger partial charge in [-0.25, -0.2) is 9.37 Å². The Kier molecular flexibility index (Phi) is 6.98. The molecular weight excluding hydrogens is 373 g/mol. The van der Waals surface area contributed by atoms with Crippen LogP contribution in [0.5, 0.6) is 5.75 Å². The number of amides is 1. The minimum Gasteiger partial charge on any atom is -0.489 e. The number of aromatic nitrogens is 2. The molecule has 0 aliphatic carbocycles. The van der Waals surface area contributed by atoms with Gasteiger partial charge in [0.15, 0.2) is 0 Å². The highest BCUT2D eigenvalue weighted by Gasteiger charge is 2.10. The maximum atomic E-state index is 13.2. The molecule has 3 rings (SSSR count). The van der Waals surface area contributed by atoms with Crippen LogP contribution in [0.15, 0.2) is 54.9 Å². The minimum absolute atomic E-state index is 0.339. The third kappa shape index (κ3) is 5.92. The Bertz CT molecular complexity index is 1020. The van der Waals surface area contributed by atoms with Gasteiger partial charge < -0.3 is 19.8 Å². The fourth-order valence-corrected chi connectivity index (χ4v) is 2.53. The summed E-state index contributed by atoms with van der Waals surface area (Å²) < 4.78 is 24.2. The fraction of sp³-hybridized carbons (Fsp3) is 0.182. The Hall–Kier alpha value is -3.63. The molecule has 0 saturated carbocycles. The van der Waals surface area contributed by atoms with Gasteiger partial charge in [-0.15, -0.1) is 0 Å². The molecule has 0 fully saturated rings. The summed E-state index contributed by atoms with van der Waals surface area (Å²) in [6.07, 6.45) is 3.36. The van der Waals surface area contributed by atoms with Crippen molar-refractivity contribution >= 4 is 11.6 Å². The predicted molar refractivity (Wildman–Crippen MR) is 108 cm³/mol. The quantitative estimate of drug-likeness (QED) is 0.475. The summed E-state index contributed by atoms with van der Waals surface area (Å²) in [5.74, 6) is 5.30. The number of H-pyrrole nitrogens is 1. The number of carbonyl (C=O) groups excluding carboxylic acids is 1. The standard InChI is InChI=1S/C22H20FN3O3/c1-2-28-12-13-29-20-8-7-17(22-24-10-11-25-22)15-19(20)26-21(27)9-6-16-4-3-5-18(23)14-16/h3-5,7-8,10-11,14-15H,2,12-13H2,1H3,(H,24,25)(H,26,27). The van der Waals surface area contributed by atoms with Gasteiger partial charge in [0.2, 0.25) is 0 Å². The van der Waals surface area contributed by atoms with Crippen LogP contribution in [0, 0.1) is 17.7 Å². The van der Waals surface area contributed by atoms with Gasteiger partial charge in [0.05, 0.1) is 12.3 Å². The van der Waals surface area contributed by atoms with Crippen molar-refractivity contribution < 1.29 is 18.7 Å². The van der Waals surface area contributed by atoms with Gasteiger partial charge in [-0.3, -0.25) is 4.79 Å². The number of anilines is 1. The molecule has 148 valence electrons. The average molecular weight is 393 g/mol. The lowest BCUT2D eigenvalue weighted by Gasteiger charge is -2.12. The van der Waals surface area contributed by atoms with Crippen LogP contribution in [-0.4, -0.2) is 35.7 Å². The van der Waals surface area contributed by atoms with E-state index in [1.165, 1.54) is 18.2 Å². The smallest absolute Gasteiger partial charge is 0.300 e. The van der Waals surface area contributed by atoms with Gasteiger partial charge in [0, 0.05) is 36.0 Å². The third-order valence-electron chi connectivity index (χ3n) is 3.83. The highest BCUT2D eigenvalue weighted by atomic mass is 19.1. The molecule has 0 saturated heterocycles. The third-order valence-corrected chi connectivity index (χ3v) is 3.83. The second-order valence-electron chi connectivity index (χ2n) is 5.91. The van der Waals surface area contributed by atoms with Crippen LogP contribution in [-0.2, 0) is 9.53 Å². The van der Waals surface area contributed by atoms with E-state index >= 15 is 0 Å². The van der Waals surface area contributed by atoms with Crippen molar-refractivity contribution in [2.24, 2.45) is 0 Å². The van der Waals surface area contributed by atoms with E-state index < -0.39 is 11.7 Å². The van der Waals surface area contributed by atoms with E-state index in [0.29, 0.717) is 42.6 Å². The van der Waals surface area contributed by atoms with Crippen LogP contribution in [0.25, 0.3) is 11.4 Å². The molecule has 2 N–H and O–H groups in total. The first-order chi connectivity index (χ1) is 14.2. The zero-order valence-electron chi connectivity index (χ0n) is 15.9. The molecule has 1 aromatic heterocycles. The molecule has 0 aliphatic rings. The molecule has 1 heterocycles. The van der Waals surface area contributed by atoms with Gasteiger partial charge in [0.25, 0.3) is 0 Å². The van der Waals surface area contributed by atoms with Crippen molar-refractivity contribution in [3.63, 3.8) is 0 Å². The van der Waals surface area contributed by atoms with Crippen molar-refractivity contribution in [1.29, 1.82) is 0 Å². The van der Waals surface area contributed by atoms with E-state index in [-0.39, 0.29) is 0 Å². The van der Waals surface area contributed by atoms with Crippen LogP contribution in [0.3, 0.4) is 0 Å². The summed E-state index contributed by atoms with van der Waals surface area (Å²) >= 11 is 0. The molecule has 0 aliphatic heterocycles. The van der Waals surface area contributed by atoms with Crippen LogP contribution in [0.1, 0.15) is 12.5 Å². The average Bonchev–Trinajstić information content (AvgIpc) is 3.25. The molecule has 0 radical (unpaired) electrons. The number of aromatic amines is 1. The molecule has 7 heteroatoms. The second kappa shape index (κ2) is 10.1. The zero-order chi connectivity index (χ0) is 20.5. The summed E-state index contributed by atoms with van der Waals surface area (Å²) in [5.41, 5.74) is 1.65. The maximum absolute atomic E-state index is 13.2. The van der Waals surface area contributed by atoms with Gasteiger partial charge in [-0.2, -0.15) is 0 Å². The molecule has 1 amide bonds. The number of nitrogens with one attached hydrogen (secondary N) is 2. The normalized spacial score (nSPS) is 10.1. The molecule has 0 bridgehead atoms. The summed E-state index contributed by atoms with van der Waals surface area (Å²) in [4.78, 5) is 19.5. The topological polar surface area (TPSA) is 76.2 Å². The molecule has 3 aromatic rings. The van der Waals surface area contributed by atoms with Gasteiger partial charge in [-0.05, 0) is 43.3 Å². The van der Waals surface area contributed by atoms with E-state index in [1.807, 2.05) is 13.0 Å². The van der Waals surface area contributed by atoms with Crippen LogP contribution in [0.2, 0.25) is 0 Å². The first kappa shape index (κ1) is 20.1. The Morgan fingerprint density at radius 3 is 2.90 bits per heavy atom. The monoisotopic (exact) mass is 393 g/mol. The molecule has 0 spiro atoms. The van der Waals surface area contributed by atoms with E-state index in [9.17, 15) is 9.18 Å². The molecular formula is C22H20FN3O3. The molecule has 0 atom stereocenters. The number of ether oxygens (including phenoxy) is 2. The second-order valence-corrected chi connectivity index (χ2v) is 5.91. The summed E-state index contributed by atoms with van der Waals surface area (Å²) in [6, 6.07) is 11.1. The highest BCUT2D eigenvalue weighted by Crippen LogP contribution is 2.29. The summed E-state index contributed by atoms with van der Waals surface area (Å²) in [7, 11) is 0. The van der Waals surface area contributed by atoms with E-state index in [1.54, 1.807) is 30.6 Å². The first-order valence-corrected chi connectivity index (χ1v) is 9.08. The first-order valence-electron chi connectivity index (χ1n) is 9.08. The van der Waals surface area contributed by atoms with Gasteiger partial charge in [-0.1, -0.05) is 12.0 Å². The van der Waals surface area contributed by atoms with Gasteiger partial charge in [0.1, 0.15) is 24.0 Å². The van der Waals surface area contributed by atoms with Gasteiger partial charge >= 0.3 is 5.91 Å². The Morgan fingerprint density at radius 2 is 2.14 bits per heavy atom. The predicted octanol–water partition coefficient (Wildman–Crippen LogP) is 3.62. The Labute approximate surface area is 168 Å². The Morgan fingerprint density at radius 1 is 1.24 bits per heavy atom. The number of benzene rings is 2. The lowest BCUT2D eigenvalue weighted by Crippen LogP contribution is -2.12. The molecule has 6 nitrogen and oxygen atoms in total.